The molecule has 18 heavy (non-hydrogen) atoms. The summed E-state index contributed by atoms with van der Waals surface area (Å²) in [5.74, 6) is 6.82. The van der Waals surface area contributed by atoms with Gasteiger partial charge in [0.05, 0.1) is 13.2 Å². The minimum absolute atomic E-state index is 0.0968. The minimum atomic E-state index is 0.0968. The fourth-order valence-electron chi connectivity index (χ4n) is 1.75. The van der Waals surface area contributed by atoms with Crippen molar-refractivity contribution in [3.05, 3.63) is 21.9 Å². The second-order valence-electron chi connectivity index (χ2n) is 4.61. The first kappa shape index (κ1) is 13.1. The smallest absolute Gasteiger partial charge is 0.223 e. The van der Waals surface area contributed by atoms with Crippen LogP contribution in [0.25, 0.3) is 0 Å². The number of hydrogen-bond donors (Lipinski definition) is 2. The fourth-order valence-corrected chi connectivity index (χ4v) is 2.51. The first-order chi connectivity index (χ1) is 8.70. The lowest BCUT2D eigenvalue weighted by Crippen LogP contribution is -2.24. The van der Waals surface area contributed by atoms with Gasteiger partial charge < -0.3 is 10.4 Å². The SMILES string of the molecule is CC1CC1C(=O)NCc1cc(C#CCCO)cs1. The highest BCUT2D eigenvalue weighted by molar-refractivity contribution is 7.10. The van der Waals surface area contributed by atoms with E-state index in [2.05, 4.69) is 24.1 Å². The molecule has 1 amide bonds. The van der Waals surface area contributed by atoms with Gasteiger partial charge in [-0.15, -0.1) is 11.3 Å². The third kappa shape index (κ3) is 3.59. The van der Waals surface area contributed by atoms with E-state index in [9.17, 15) is 4.79 Å². The van der Waals surface area contributed by atoms with Crippen LogP contribution in [-0.2, 0) is 11.3 Å². The number of amides is 1. The Hall–Kier alpha value is -1.31. The summed E-state index contributed by atoms with van der Waals surface area (Å²) in [6, 6.07) is 1.99. The number of aliphatic hydroxyl groups excluding tert-OH is 1. The van der Waals surface area contributed by atoms with Crippen LogP contribution in [0.2, 0.25) is 0 Å². The van der Waals surface area contributed by atoms with Crippen LogP contribution in [0.1, 0.15) is 30.2 Å². The molecule has 2 rings (SSSR count). The van der Waals surface area contributed by atoms with Gasteiger partial charge in [0.15, 0.2) is 0 Å². The fraction of sp³-hybridized carbons (Fsp3) is 0.500. The highest BCUT2D eigenvalue weighted by Gasteiger charge is 2.38. The van der Waals surface area contributed by atoms with Gasteiger partial charge in [0.1, 0.15) is 0 Å². The van der Waals surface area contributed by atoms with Crippen LogP contribution in [0.5, 0.6) is 0 Å². The van der Waals surface area contributed by atoms with Crippen LogP contribution in [0.3, 0.4) is 0 Å². The number of thiophene rings is 1. The molecule has 2 N–H and O–H groups in total. The maximum absolute atomic E-state index is 11.6. The van der Waals surface area contributed by atoms with Gasteiger partial charge in [0.2, 0.25) is 5.91 Å². The van der Waals surface area contributed by atoms with Crippen molar-refractivity contribution in [3.8, 4) is 11.8 Å². The van der Waals surface area contributed by atoms with Gasteiger partial charge in [-0.2, -0.15) is 0 Å². The minimum Gasteiger partial charge on any atom is -0.395 e. The normalized spacial score (nSPS) is 21.0. The summed E-state index contributed by atoms with van der Waals surface area (Å²) < 4.78 is 0. The molecule has 1 aliphatic carbocycles. The summed E-state index contributed by atoms with van der Waals surface area (Å²) in [5, 5.41) is 13.6. The Labute approximate surface area is 111 Å². The molecule has 1 heterocycles. The lowest BCUT2D eigenvalue weighted by molar-refractivity contribution is -0.122. The Bertz CT molecular complexity index is 483. The predicted molar refractivity (Wildman–Crippen MR) is 72.0 cm³/mol. The van der Waals surface area contributed by atoms with E-state index >= 15 is 0 Å². The molecule has 2 atom stereocenters. The molecule has 1 saturated carbocycles. The summed E-state index contributed by atoms with van der Waals surface area (Å²) in [5.41, 5.74) is 0.956. The third-order valence-corrected chi connectivity index (χ3v) is 3.94. The number of rotatable bonds is 4. The number of carbonyl (C=O) groups is 1. The van der Waals surface area contributed by atoms with E-state index < -0.39 is 0 Å². The molecule has 2 unspecified atom stereocenters. The van der Waals surface area contributed by atoms with Crippen molar-refractivity contribution in [2.24, 2.45) is 11.8 Å². The molecule has 1 fully saturated rings. The van der Waals surface area contributed by atoms with E-state index in [0.717, 1.165) is 16.9 Å². The van der Waals surface area contributed by atoms with E-state index in [4.69, 9.17) is 5.11 Å². The zero-order valence-electron chi connectivity index (χ0n) is 10.4. The molecule has 1 aromatic rings. The van der Waals surface area contributed by atoms with Gasteiger partial charge in [0.25, 0.3) is 0 Å². The van der Waals surface area contributed by atoms with Crippen LogP contribution in [0.15, 0.2) is 11.4 Å². The van der Waals surface area contributed by atoms with Crippen LogP contribution in [-0.4, -0.2) is 17.6 Å². The molecule has 0 saturated heterocycles. The van der Waals surface area contributed by atoms with Crippen LogP contribution >= 0.6 is 11.3 Å². The van der Waals surface area contributed by atoms with E-state index in [1.54, 1.807) is 11.3 Å². The lowest BCUT2D eigenvalue weighted by atomic mass is 10.3. The molecule has 1 aliphatic rings. The second-order valence-corrected chi connectivity index (χ2v) is 5.61. The van der Waals surface area contributed by atoms with Crippen molar-refractivity contribution in [1.82, 2.24) is 5.32 Å². The molecular formula is C14H17NO2S. The second kappa shape index (κ2) is 6.03. The van der Waals surface area contributed by atoms with E-state index in [1.165, 1.54) is 0 Å². The van der Waals surface area contributed by atoms with Crippen molar-refractivity contribution in [1.29, 1.82) is 0 Å². The van der Waals surface area contributed by atoms with Gasteiger partial charge in [-0.25, -0.2) is 0 Å². The lowest BCUT2D eigenvalue weighted by Gasteiger charge is -2.01. The Morgan fingerprint density at radius 3 is 3.11 bits per heavy atom. The highest BCUT2D eigenvalue weighted by Crippen LogP contribution is 2.37. The number of nitrogens with one attached hydrogen (secondary N) is 1. The summed E-state index contributed by atoms with van der Waals surface area (Å²) in [7, 11) is 0. The number of carbonyl (C=O) groups excluding carboxylic acids is 1. The average Bonchev–Trinajstić information content (AvgIpc) is 2.91. The molecular weight excluding hydrogens is 246 g/mol. The number of aliphatic hydroxyl groups is 1. The van der Waals surface area contributed by atoms with Crippen LogP contribution in [0, 0.1) is 23.7 Å². The van der Waals surface area contributed by atoms with Crippen molar-refractivity contribution in [3.63, 3.8) is 0 Å². The van der Waals surface area contributed by atoms with E-state index in [1.807, 2.05) is 11.4 Å². The quantitative estimate of drug-likeness (QED) is 0.813. The monoisotopic (exact) mass is 263 g/mol. The summed E-state index contributed by atoms with van der Waals surface area (Å²) in [6.45, 7) is 2.79. The standard InChI is InChI=1S/C14H17NO2S/c1-10-6-13(10)14(17)15-8-12-7-11(9-18-12)4-2-3-5-16/h7,9-10,13,16H,3,5-6,8H2,1H3,(H,15,17). The Kier molecular flexibility index (Phi) is 4.40. The molecule has 96 valence electrons. The molecule has 0 aliphatic heterocycles. The van der Waals surface area contributed by atoms with Gasteiger partial charge in [-0.3, -0.25) is 4.79 Å². The third-order valence-electron chi connectivity index (χ3n) is 3.01. The Balaban J connectivity index is 1.80. The molecule has 1 aromatic heterocycles. The zero-order valence-corrected chi connectivity index (χ0v) is 11.2. The molecule has 4 heteroatoms. The van der Waals surface area contributed by atoms with Gasteiger partial charge >= 0.3 is 0 Å². The Morgan fingerprint density at radius 2 is 2.44 bits per heavy atom. The predicted octanol–water partition coefficient (Wildman–Crippen LogP) is 1.75. The van der Waals surface area contributed by atoms with Crippen LogP contribution < -0.4 is 5.32 Å². The van der Waals surface area contributed by atoms with E-state index in [-0.39, 0.29) is 18.4 Å². The first-order valence-corrected chi connectivity index (χ1v) is 7.03. The van der Waals surface area contributed by atoms with Crippen molar-refractivity contribution >= 4 is 17.2 Å². The Morgan fingerprint density at radius 1 is 1.67 bits per heavy atom. The first-order valence-electron chi connectivity index (χ1n) is 6.15. The topological polar surface area (TPSA) is 49.3 Å². The molecule has 0 spiro atoms. The summed E-state index contributed by atoms with van der Waals surface area (Å²) in [4.78, 5) is 12.8. The summed E-state index contributed by atoms with van der Waals surface area (Å²) >= 11 is 1.60. The average molecular weight is 263 g/mol. The zero-order chi connectivity index (χ0) is 13.0. The largest absolute Gasteiger partial charge is 0.395 e. The van der Waals surface area contributed by atoms with Crippen molar-refractivity contribution in [2.45, 2.75) is 26.3 Å². The van der Waals surface area contributed by atoms with Gasteiger partial charge in [-0.1, -0.05) is 18.8 Å². The number of hydrogen-bond acceptors (Lipinski definition) is 3. The summed E-state index contributed by atoms with van der Waals surface area (Å²) in [6.07, 6.45) is 1.52. The van der Waals surface area contributed by atoms with Crippen LogP contribution in [0.4, 0.5) is 0 Å². The molecule has 0 bridgehead atoms. The molecule has 0 aromatic carbocycles. The van der Waals surface area contributed by atoms with Gasteiger partial charge in [0, 0.05) is 28.2 Å². The van der Waals surface area contributed by atoms with E-state index in [0.29, 0.717) is 18.9 Å². The van der Waals surface area contributed by atoms with Crippen molar-refractivity contribution < 1.29 is 9.90 Å². The molecule has 0 radical (unpaired) electrons. The van der Waals surface area contributed by atoms with Crippen molar-refractivity contribution in [2.75, 3.05) is 6.61 Å². The maximum atomic E-state index is 11.6. The van der Waals surface area contributed by atoms with Gasteiger partial charge in [-0.05, 0) is 18.4 Å². The maximum Gasteiger partial charge on any atom is 0.223 e. The highest BCUT2D eigenvalue weighted by atomic mass is 32.1. The molecule has 3 nitrogen and oxygen atoms in total.